The van der Waals surface area contributed by atoms with Crippen molar-refractivity contribution in [1.82, 2.24) is 0 Å². The number of nitrogens with two attached hydrogens (primary N) is 1. The molecule has 1 aliphatic carbocycles. The van der Waals surface area contributed by atoms with Gasteiger partial charge < -0.3 is 14.9 Å². The average molecular weight is 288 g/mol. The van der Waals surface area contributed by atoms with Crippen molar-refractivity contribution in [2.45, 2.75) is 44.2 Å². The molecule has 1 aromatic heterocycles. The summed E-state index contributed by atoms with van der Waals surface area (Å²) in [5.74, 6) is 0.801. The minimum Gasteiger partial charge on any atom is -0.466 e. The van der Waals surface area contributed by atoms with E-state index in [1.807, 2.05) is 13.0 Å². The van der Waals surface area contributed by atoms with Gasteiger partial charge in [0.1, 0.15) is 5.76 Å². The molecule has 0 aliphatic heterocycles. The van der Waals surface area contributed by atoms with E-state index in [0.717, 1.165) is 23.1 Å². The lowest BCUT2D eigenvalue weighted by Gasteiger charge is -2.34. The maximum atomic E-state index is 6.32. The lowest BCUT2D eigenvalue weighted by atomic mass is 9.91. The Bertz CT molecular complexity index is 345. The van der Waals surface area contributed by atoms with Gasteiger partial charge in [0, 0.05) is 6.61 Å². The normalized spacial score (nSPS) is 21.2. The molecule has 0 bridgehead atoms. The van der Waals surface area contributed by atoms with Crippen molar-refractivity contribution in [2.24, 2.45) is 5.73 Å². The molecule has 1 saturated carbocycles. The van der Waals surface area contributed by atoms with Crippen LogP contribution in [-0.4, -0.2) is 12.2 Å². The molecule has 4 heteroatoms. The Morgan fingerprint density at radius 1 is 1.56 bits per heavy atom. The molecule has 2 rings (SSSR count). The minimum absolute atomic E-state index is 0.181. The molecule has 0 spiro atoms. The summed E-state index contributed by atoms with van der Waals surface area (Å²) in [5.41, 5.74) is 6.09. The van der Waals surface area contributed by atoms with E-state index >= 15 is 0 Å². The molecule has 2 N–H and O–H groups in total. The smallest absolute Gasteiger partial charge is 0.137 e. The molecule has 3 nitrogen and oxygen atoms in total. The molecule has 1 atom stereocenters. The molecular weight excluding hydrogens is 270 g/mol. The summed E-state index contributed by atoms with van der Waals surface area (Å²) >= 11 is 3.46. The Kier molecular flexibility index (Phi) is 3.72. The highest BCUT2D eigenvalue weighted by atomic mass is 79.9. The zero-order valence-electron chi connectivity index (χ0n) is 9.54. The molecule has 1 fully saturated rings. The van der Waals surface area contributed by atoms with Gasteiger partial charge in [0.05, 0.1) is 22.4 Å². The van der Waals surface area contributed by atoms with E-state index in [0.29, 0.717) is 6.61 Å². The first-order valence-corrected chi connectivity index (χ1v) is 6.61. The van der Waals surface area contributed by atoms with Gasteiger partial charge in [0.25, 0.3) is 0 Å². The molecule has 0 saturated heterocycles. The Morgan fingerprint density at radius 3 is 2.75 bits per heavy atom. The fourth-order valence-electron chi connectivity index (χ4n) is 2.57. The third-order valence-corrected chi connectivity index (χ3v) is 4.03. The molecule has 0 amide bonds. The standard InChI is InChI=1S/C12H18BrNO2/c1-2-16-12(6-3-4-7-12)11(14)10-9(13)5-8-15-10/h5,8,11H,2-4,6-7,14H2,1H3. The van der Waals surface area contributed by atoms with Crippen LogP contribution < -0.4 is 5.73 Å². The van der Waals surface area contributed by atoms with Crippen molar-refractivity contribution in [3.63, 3.8) is 0 Å². The van der Waals surface area contributed by atoms with E-state index in [4.69, 9.17) is 14.9 Å². The average Bonchev–Trinajstić information content (AvgIpc) is 2.87. The van der Waals surface area contributed by atoms with E-state index < -0.39 is 0 Å². The third-order valence-electron chi connectivity index (χ3n) is 3.38. The van der Waals surface area contributed by atoms with Crippen molar-refractivity contribution >= 4 is 15.9 Å². The zero-order valence-corrected chi connectivity index (χ0v) is 11.1. The molecule has 1 aromatic rings. The lowest BCUT2D eigenvalue weighted by Crippen LogP contribution is -2.41. The van der Waals surface area contributed by atoms with Crippen LogP contribution in [0.15, 0.2) is 21.2 Å². The largest absolute Gasteiger partial charge is 0.466 e. The monoisotopic (exact) mass is 287 g/mol. The van der Waals surface area contributed by atoms with Crippen molar-refractivity contribution in [1.29, 1.82) is 0 Å². The fourth-order valence-corrected chi connectivity index (χ4v) is 3.02. The van der Waals surface area contributed by atoms with Crippen LogP contribution >= 0.6 is 15.9 Å². The first-order valence-electron chi connectivity index (χ1n) is 5.82. The molecule has 1 aliphatic rings. The molecule has 0 radical (unpaired) electrons. The van der Waals surface area contributed by atoms with E-state index in [1.54, 1.807) is 6.26 Å². The highest BCUT2D eigenvalue weighted by molar-refractivity contribution is 9.10. The number of halogens is 1. The van der Waals surface area contributed by atoms with Gasteiger partial charge in [-0.25, -0.2) is 0 Å². The predicted octanol–water partition coefficient (Wildman–Crippen LogP) is 3.39. The first kappa shape index (κ1) is 12.1. The zero-order chi connectivity index (χ0) is 11.6. The van der Waals surface area contributed by atoms with Crippen LogP contribution in [-0.2, 0) is 4.74 Å². The summed E-state index contributed by atoms with van der Waals surface area (Å²) in [6, 6.07) is 1.70. The second kappa shape index (κ2) is 4.90. The molecule has 1 unspecified atom stereocenters. The van der Waals surface area contributed by atoms with Gasteiger partial charge in [0.15, 0.2) is 0 Å². The maximum absolute atomic E-state index is 6.32. The quantitative estimate of drug-likeness (QED) is 0.923. The van der Waals surface area contributed by atoms with Gasteiger partial charge in [-0.1, -0.05) is 12.8 Å². The van der Waals surface area contributed by atoms with Gasteiger partial charge in [0.2, 0.25) is 0 Å². The maximum Gasteiger partial charge on any atom is 0.137 e. The molecule has 90 valence electrons. The van der Waals surface area contributed by atoms with Gasteiger partial charge >= 0.3 is 0 Å². The van der Waals surface area contributed by atoms with Crippen LogP contribution in [0, 0.1) is 0 Å². The van der Waals surface area contributed by atoms with Gasteiger partial charge in [-0.15, -0.1) is 0 Å². The number of hydrogen-bond donors (Lipinski definition) is 1. The molecule has 1 heterocycles. The van der Waals surface area contributed by atoms with Crippen LogP contribution in [0.5, 0.6) is 0 Å². The van der Waals surface area contributed by atoms with Gasteiger partial charge in [-0.05, 0) is 41.8 Å². The van der Waals surface area contributed by atoms with Crippen LogP contribution in [0.25, 0.3) is 0 Å². The summed E-state index contributed by atoms with van der Waals surface area (Å²) in [4.78, 5) is 0. The molecule has 0 aromatic carbocycles. The van der Waals surface area contributed by atoms with Crippen molar-refractivity contribution in [2.75, 3.05) is 6.61 Å². The topological polar surface area (TPSA) is 48.4 Å². The summed E-state index contributed by atoms with van der Waals surface area (Å²) in [6.45, 7) is 2.72. The first-order chi connectivity index (χ1) is 7.69. The Balaban J connectivity index is 2.23. The summed E-state index contributed by atoms with van der Waals surface area (Å²) in [7, 11) is 0. The van der Waals surface area contributed by atoms with Crippen molar-refractivity contribution in [3.05, 3.63) is 22.6 Å². The van der Waals surface area contributed by atoms with E-state index in [2.05, 4.69) is 15.9 Å². The van der Waals surface area contributed by atoms with Crippen LogP contribution in [0.2, 0.25) is 0 Å². The number of ether oxygens (including phenoxy) is 1. The molecular formula is C12H18BrNO2. The highest BCUT2D eigenvalue weighted by Gasteiger charge is 2.43. The van der Waals surface area contributed by atoms with E-state index in [-0.39, 0.29) is 11.6 Å². The number of hydrogen-bond acceptors (Lipinski definition) is 3. The summed E-state index contributed by atoms with van der Waals surface area (Å²) in [6.07, 6.45) is 6.08. The van der Waals surface area contributed by atoms with Crippen LogP contribution in [0.3, 0.4) is 0 Å². The fraction of sp³-hybridized carbons (Fsp3) is 0.667. The van der Waals surface area contributed by atoms with Crippen molar-refractivity contribution in [3.8, 4) is 0 Å². The molecule has 16 heavy (non-hydrogen) atoms. The summed E-state index contributed by atoms with van der Waals surface area (Å²) in [5, 5.41) is 0. The Labute approximate surface area is 104 Å². The van der Waals surface area contributed by atoms with Gasteiger partial charge in [-0.3, -0.25) is 0 Å². The highest BCUT2D eigenvalue weighted by Crippen LogP contribution is 2.43. The van der Waals surface area contributed by atoms with E-state index in [1.165, 1.54) is 12.8 Å². The van der Waals surface area contributed by atoms with E-state index in [9.17, 15) is 0 Å². The number of rotatable bonds is 4. The second-order valence-corrected chi connectivity index (χ2v) is 5.17. The third kappa shape index (κ3) is 2.06. The Morgan fingerprint density at radius 2 is 2.25 bits per heavy atom. The SMILES string of the molecule is CCOC1(C(N)c2occc2Br)CCCC1. The van der Waals surface area contributed by atoms with Gasteiger partial charge in [-0.2, -0.15) is 0 Å². The second-order valence-electron chi connectivity index (χ2n) is 4.32. The Hall–Kier alpha value is -0.320. The predicted molar refractivity (Wildman–Crippen MR) is 66.2 cm³/mol. The van der Waals surface area contributed by atoms with Crippen LogP contribution in [0.1, 0.15) is 44.4 Å². The minimum atomic E-state index is -0.227. The van der Waals surface area contributed by atoms with Crippen molar-refractivity contribution < 1.29 is 9.15 Å². The lowest BCUT2D eigenvalue weighted by molar-refractivity contribution is -0.0579. The summed E-state index contributed by atoms with van der Waals surface area (Å²) < 4.78 is 12.3. The number of furan rings is 1. The van der Waals surface area contributed by atoms with Crippen LogP contribution in [0.4, 0.5) is 0 Å².